The number of methoxy groups -OCH3 is 1. The van der Waals surface area contributed by atoms with Crippen molar-refractivity contribution in [1.82, 2.24) is 19.6 Å². The predicted octanol–water partition coefficient (Wildman–Crippen LogP) is 5.31. The molecule has 3 heterocycles. The van der Waals surface area contributed by atoms with Crippen molar-refractivity contribution in [2.75, 3.05) is 12.4 Å². The Morgan fingerprint density at radius 1 is 1.03 bits per heavy atom. The van der Waals surface area contributed by atoms with Crippen LogP contribution in [0.25, 0.3) is 28.0 Å². The first-order valence-electron chi connectivity index (χ1n) is 10.7. The van der Waals surface area contributed by atoms with E-state index in [2.05, 4.69) is 15.3 Å². The average Bonchev–Trinajstić information content (AvgIpc) is 3.23. The number of hydrogen-bond acceptors (Lipinski definition) is 5. The summed E-state index contributed by atoms with van der Waals surface area (Å²) in [7, 11) is 1.44. The molecule has 0 aliphatic heterocycles. The molecule has 5 aromatic rings. The van der Waals surface area contributed by atoms with Gasteiger partial charge in [-0.05, 0) is 55.5 Å². The van der Waals surface area contributed by atoms with E-state index in [0.29, 0.717) is 28.5 Å². The first-order chi connectivity index (χ1) is 17.0. The van der Waals surface area contributed by atoms with E-state index in [1.807, 2.05) is 24.4 Å². The van der Waals surface area contributed by atoms with Crippen LogP contribution in [0.5, 0.6) is 5.75 Å². The minimum Gasteiger partial charge on any atom is -0.495 e. The van der Waals surface area contributed by atoms with E-state index in [9.17, 15) is 13.6 Å². The number of ether oxygens (including phenoxy) is 1. The van der Waals surface area contributed by atoms with Gasteiger partial charge < -0.3 is 10.1 Å². The third-order valence-corrected chi connectivity index (χ3v) is 5.48. The second kappa shape index (κ2) is 8.94. The Kier molecular flexibility index (Phi) is 5.66. The number of benzene rings is 2. The van der Waals surface area contributed by atoms with Crippen LogP contribution < -0.4 is 10.1 Å². The van der Waals surface area contributed by atoms with Gasteiger partial charge >= 0.3 is 0 Å². The lowest BCUT2D eigenvalue weighted by Crippen LogP contribution is -2.16. The molecule has 1 N–H and O–H groups in total. The van der Waals surface area contributed by atoms with Gasteiger partial charge in [0, 0.05) is 18.0 Å². The van der Waals surface area contributed by atoms with Gasteiger partial charge in [0.15, 0.2) is 0 Å². The van der Waals surface area contributed by atoms with Gasteiger partial charge in [-0.3, -0.25) is 4.79 Å². The molecule has 0 atom stereocenters. The molecule has 0 fully saturated rings. The Hall–Kier alpha value is -4.66. The molecular formula is C26H19F2N5O2. The maximum absolute atomic E-state index is 14.2. The minimum absolute atomic E-state index is 0.236. The van der Waals surface area contributed by atoms with Gasteiger partial charge in [-0.2, -0.15) is 5.10 Å². The Balaban J connectivity index is 1.64. The molecule has 5 rings (SSSR count). The highest BCUT2D eigenvalue weighted by Crippen LogP contribution is 2.37. The van der Waals surface area contributed by atoms with Crippen LogP contribution in [0.2, 0.25) is 0 Å². The van der Waals surface area contributed by atoms with Crippen molar-refractivity contribution in [2.45, 2.75) is 6.92 Å². The lowest BCUT2D eigenvalue weighted by molar-refractivity contribution is 0.101. The minimum atomic E-state index is -0.959. The van der Waals surface area contributed by atoms with E-state index in [1.165, 1.54) is 13.2 Å². The van der Waals surface area contributed by atoms with Crippen LogP contribution in [-0.4, -0.2) is 32.6 Å². The number of aryl methyl sites for hydroxylation is 1. The number of nitrogens with one attached hydrogen (secondary N) is 1. The maximum atomic E-state index is 14.2. The summed E-state index contributed by atoms with van der Waals surface area (Å²) in [5.41, 5.74) is 3.09. The number of carbonyl (C=O) groups excluding carboxylic acids is 1. The standard InChI is InChI=1S/C26H19F2N5O2/c1-15-29-12-11-19(30-15)24-21-8-3-4-13-33(21)32-25(24)16-9-10-22(35-2)20(14-16)31-26(34)23-17(27)6-5-7-18(23)28/h3-14H,1-2H3,(H,31,34). The summed E-state index contributed by atoms with van der Waals surface area (Å²) in [6.07, 6.45) is 3.50. The van der Waals surface area contributed by atoms with Crippen LogP contribution in [0.1, 0.15) is 16.2 Å². The van der Waals surface area contributed by atoms with E-state index >= 15 is 0 Å². The molecule has 0 unspecified atom stereocenters. The van der Waals surface area contributed by atoms with Crippen molar-refractivity contribution in [3.8, 4) is 28.3 Å². The number of nitrogens with zero attached hydrogens (tertiary/aromatic N) is 4. The molecule has 0 aliphatic carbocycles. The van der Waals surface area contributed by atoms with Crippen LogP contribution >= 0.6 is 0 Å². The Morgan fingerprint density at radius 3 is 2.57 bits per heavy atom. The van der Waals surface area contributed by atoms with Crippen molar-refractivity contribution < 1.29 is 18.3 Å². The number of fused-ring (bicyclic) bond motifs is 1. The second-order valence-corrected chi connectivity index (χ2v) is 7.71. The fourth-order valence-electron chi connectivity index (χ4n) is 3.90. The molecule has 0 aliphatic rings. The molecule has 3 aromatic heterocycles. The molecule has 0 spiro atoms. The van der Waals surface area contributed by atoms with Crippen molar-refractivity contribution in [3.63, 3.8) is 0 Å². The van der Waals surface area contributed by atoms with Crippen LogP contribution in [0.15, 0.2) is 73.1 Å². The molecule has 2 aromatic carbocycles. The zero-order valence-corrected chi connectivity index (χ0v) is 18.8. The monoisotopic (exact) mass is 471 g/mol. The van der Waals surface area contributed by atoms with Crippen LogP contribution in [0.4, 0.5) is 14.5 Å². The fraction of sp³-hybridized carbons (Fsp3) is 0.0769. The van der Waals surface area contributed by atoms with E-state index in [1.54, 1.807) is 41.9 Å². The van der Waals surface area contributed by atoms with Crippen molar-refractivity contribution in [2.24, 2.45) is 0 Å². The first kappa shape index (κ1) is 22.1. The van der Waals surface area contributed by atoms with Crippen LogP contribution in [-0.2, 0) is 0 Å². The Bertz CT molecular complexity index is 1560. The van der Waals surface area contributed by atoms with E-state index < -0.39 is 23.1 Å². The summed E-state index contributed by atoms with van der Waals surface area (Å²) in [4.78, 5) is 21.5. The van der Waals surface area contributed by atoms with E-state index in [4.69, 9.17) is 9.84 Å². The number of anilines is 1. The third-order valence-electron chi connectivity index (χ3n) is 5.48. The highest BCUT2D eigenvalue weighted by Gasteiger charge is 2.21. The summed E-state index contributed by atoms with van der Waals surface area (Å²) >= 11 is 0. The number of hydrogen-bond donors (Lipinski definition) is 1. The lowest BCUT2D eigenvalue weighted by Gasteiger charge is -2.13. The van der Waals surface area contributed by atoms with Crippen molar-refractivity contribution in [3.05, 3.63) is 96.1 Å². The largest absolute Gasteiger partial charge is 0.495 e. The molecule has 35 heavy (non-hydrogen) atoms. The number of rotatable bonds is 5. The third kappa shape index (κ3) is 4.08. The Morgan fingerprint density at radius 2 is 1.83 bits per heavy atom. The highest BCUT2D eigenvalue weighted by atomic mass is 19.1. The highest BCUT2D eigenvalue weighted by molar-refractivity contribution is 6.06. The molecule has 174 valence electrons. The number of aromatic nitrogens is 4. The van der Waals surface area contributed by atoms with Crippen molar-refractivity contribution >= 4 is 17.1 Å². The van der Waals surface area contributed by atoms with Gasteiger partial charge in [-0.1, -0.05) is 12.1 Å². The molecule has 0 saturated carbocycles. The predicted molar refractivity (Wildman–Crippen MR) is 127 cm³/mol. The number of pyridine rings is 1. The molecule has 9 heteroatoms. The molecule has 7 nitrogen and oxygen atoms in total. The first-order valence-corrected chi connectivity index (χ1v) is 10.7. The van der Waals surface area contributed by atoms with E-state index in [0.717, 1.165) is 23.2 Å². The Labute approximate surface area is 199 Å². The zero-order chi connectivity index (χ0) is 24.5. The summed E-state index contributed by atoms with van der Waals surface area (Å²) in [5, 5.41) is 7.30. The van der Waals surface area contributed by atoms with Crippen LogP contribution in [0.3, 0.4) is 0 Å². The molecule has 0 radical (unpaired) electrons. The maximum Gasteiger partial charge on any atom is 0.261 e. The topological polar surface area (TPSA) is 81.4 Å². The van der Waals surface area contributed by atoms with Crippen LogP contribution in [0, 0.1) is 18.6 Å². The van der Waals surface area contributed by atoms with Gasteiger partial charge in [0.25, 0.3) is 5.91 Å². The second-order valence-electron chi connectivity index (χ2n) is 7.71. The van der Waals surface area contributed by atoms with Gasteiger partial charge in [0.2, 0.25) is 0 Å². The quantitative estimate of drug-likeness (QED) is 0.376. The normalized spacial score (nSPS) is 11.0. The van der Waals surface area contributed by atoms with Gasteiger partial charge in [-0.25, -0.2) is 23.3 Å². The number of halogens is 2. The number of carbonyl (C=O) groups is 1. The fourth-order valence-corrected chi connectivity index (χ4v) is 3.90. The molecule has 0 saturated heterocycles. The summed E-state index contributed by atoms with van der Waals surface area (Å²) in [6, 6.07) is 15.8. The summed E-state index contributed by atoms with van der Waals surface area (Å²) in [6.45, 7) is 1.80. The van der Waals surface area contributed by atoms with Gasteiger partial charge in [0.05, 0.1) is 29.6 Å². The molecule has 0 bridgehead atoms. The molecule has 1 amide bonds. The summed E-state index contributed by atoms with van der Waals surface area (Å²) in [5.74, 6) is -1.92. The zero-order valence-electron chi connectivity index (χ0n) is 18.8. The lowest BCUT2D eigenvalue weighted by atomic mass is 10.0. The van der Waals surface area contributed by atoms with Gasteiger partial charge in [-0.15, -0.1) is 0 Å². The molecular weight excluding hydrogens is 452 g/mol. The van der Waals surface area contributed by atoms with Crippen molar-refractivity contribution in [1.29, 1.82) is 0 Å². The van der Waals surface area contributed by atoms with E-state index in [-0.39, 0.29) is 5.69 Å². The SMILES string of the molecule is COc1ccc(-c2nn3ccccc3c2-c2ccnc(C)n2)cc1NC(=O)c1c(F)cccc1F. The van der Waals surface area contributed by atoms with Gasteiger partial charge in [0.1, 0.15) is 34.5 Å². The summed E-state index contributed by atoms with van der Waals surface area (Å²) < 4.78 is 35.4. The number of amides is 1. The average molecular weight is 471 g/mol. The smallest absolute Gasteiger partial charge is 0.261 e.